The number of nitrogens with one attached hydrogen (secondary N) is 1. The van der Waals surface area contributed by atoms with Crippen LogP contribution in [0.15, 0.2) is 0 Å². The van der Waals surface area contributed by atoms with E-state index in [1.807, 2.05) is 0 Å². The largest absolute Gasteiger partial charge is 0.388 e. The fraction of sp³-hybridized carbons (Fsp3) is 0.923. The van der Waals surface area contributed by atoms with Crippen LogP contribution in [0.25, 0.3) is 0 Å². The molecule has 1 saturated carbocycles. The molecule has 0 spiro atoms. The van der Waals surface area contributed by atoms with E-state index in [1.165, 1.54) is 0 Å². The van der Waals surface area contributed by atoms with Crippen molar-refractivity contribution >= 4 is 16.1 Å². The summed E-state index contributed by atoms with van der Waals surface area (Å²) in [5, 5.41) is 30.1. The lowest BCUT2D eigenvalue weighted by Gasteiger charge is -2.43. The number of urea groups is 1. The molecule has 0 aromatic carbocycles. The summed E-state index contributed by atoms with van der Waals surface area (Å²) in [6, 6.07) is -1.19. The number of sulfonamides is 1. The quantitative estimate of drug-likeness (QED) is 0.399. The van der Waals surface area contributed by atoms with Gasteiger partial charge < -0.3 is 25.8 Å². The van der Waals surface area contributed by atoms with Crippen molar-refractivity contribution in [3.63, 3.8) is 0 Å². The molecule has 2 rings (SSSR count). The maximum absolute atomic E-state index is 11.6. The lowest BCUT2D eigenvalue weighted by atomic mass is 9.86. The molecule has 2 aliphatic rings. The van der Waals surface area contributed by atoms with Crippen LogP contribution in [-0.4, -0.2) is 66.0 Å². The van der Waals surface area contributed by atoms with Crippen molar-refractivity contribution in [2.45, 2.75) is 62.6 Å². The molecule has 2 fully saturated rings. The Morgan fingerprint density at radius 1 is 1.13 bits per heavy atom. The molecule has 0 bridgehead atoms. The zero-order valence-electron chi connectivity index (χ0n) is 12.7. The minimum Gasteiger partial charge on any atom is -0.388 e. The smallest absolute Gasteiger partial charge is 0.325 e. The van der Waals surface area contributed by atoms with Crippen molar-refractivity contribution in [1.82, 2.24) is 4.72 Å². The van der Waals surface area contributed by atoms with E-state index >= 15 is 0 Å². The number of carbonyl (C=O) groups is 1. The molecule has 23 heavy (non-hydrogen) atoms. The third kappa shape index (κ3) is 4.54. The lowest BCUT2D eigenvalue weighted by Crippen LogP contribution is -2.59. The first-order valence-electron chi connectivity index (χ1n) is 7.71. The second-order valence-electron chi connectivity index (χ2n) is 6.23. The number of primary amides is 1. The Bertz CT molecular complexity index is 520. The minimum absolute atomic E-state index is 0.0787. The Morgan fingerprint density at radius 3 is 2.30 bits per heavy atom. The van der Waals surface area contributed by atoms with E-state index in [-0.39, 0.29) is 12.3 Å². The molecule has 1 saturated heterocycles. The first kappa shape index (κ1) is 18.4. The van der Waals surface area contributed by atoms with Crippen molar-refractivity contribution in [3.8, 4) is 0 Å². The fourth-order valence-electron chi connectivity index (χ4n) is 3.37. The van der Waals surface area contributed by atoms with Crippen LogP contribution < -0.4 is 10.5 Å². The number of rotatable bonds is 5. The number of aliphatic hydroxyl groups is 3. The van der Waals surface area contributed by atoms with Crippen LogP contribution in [0.4, 0.5) is 4.79 Å². The average Bonchev–Trinajstić information content (AvgIpc) is 2.96. The van der Waals surface area contributed by atoms with Crippen LogP contribution in [0, 0.1) is 5.92 Å². The molecule has 0 aromatic heterocycles. The van der Waals surface area contributed by atoms with E-state index in [0.717, 1.165) is 25.7 Å². The van der Waals surface area contributed by atoms with Gasteiger partial charge >= 0.3 is 6.03 Å². The normalized spacial score (nSPS) is 36.0. The summed E-state index contributed by atoms with van der Waals surface area (Å²) in [6.45, 7) is 0. The van der Waals surface area contributed by atoms with E-state index < -0.39 is 52.3 Å². The van der Waals surface area contributed by atoms with Gasteiger partial charge in [-0.2, -0.15) is 0 Å². The van der Waals surface area contributed by atoms with Gasteiger partial charge in [-0.15, -0.1) is 0 Å². The molecule has 1 aliphatic heterocycles. The van der Waals surface area contributed by atoms with Crippen molar-refractivity contribution in [2.24, 2.45) is 11.7 Å². The fourth-order valence-corrected chi connectivity index (χ4v) is 4.32. The standard InChI is InChI=1S/C13H24N2O7S/c14-13(19)15-23(20,21)6-5-8-9(16)10(17)11(18)12(22-8)7-3-1-2-4-7/h7-12,16-18H,1-6H2,(H3,14,15,19)/t8-,9-,10+,11+,12?/m1/s1. The van der Waals surface area contributed by atoms with E-state index in [1.54, 1.807) is 4.72 Å². The number of hydrogen-bond acceptors (Lipinski definition) is 7. The van der Waals surface area contributed by atoms with Gasteiger partial charge in [0, 0.05) is 0 Å². The predicted molar refractivity (Wildman–Crippen MR) is 79.8 cm³/mol. The van der Waals surface area contributed by atoms with Crippen LogP contribution in [-0.2, 0) is 14.8 Å². The molecule has 134 valence electrons. The minimum atomic E-state index is -3.93. The lowest BCUT2D eigenvalue weighted by molar-refractivity contribution is -0.234. The van der Waals surface area contributed by atoms with Crippen LogP contribution in [0.2, 0.25) is 0 Å². The Kier molecular flexibility index (Phi) is 5.84. The topological polar surface area (TPSA) is 159 Å². The number of ether oxygens (including phenoxy) is 1. The highest BCUT2D eigenvalue weighted by Crippen LogP contribution is 2.36. The highest BCUT2D eigenvalue weighted by Gasteiger charge is 2.46. The first-order valence-corrected chi connectivity index (χ1v) is 9.36. The zero-order chi connectivity index (χ0) is 17.2. The maximum Gasteiger partial charge on any atom is 0.325 e. The van der Waals surface area contributed by atoms with Gasteiger partial charge in [-0.25, -0.2) is 17.9 Å². The van der Waals surface area contributed by atoms with Crippen LogP contribution in [0.5, 0.6) is 0 Å². The number of nitrogens with two attached hydrogens (primary N) is 1. The summed E-state index contributed by atoms with van der Waals surface area (Å²) in [4.78, 5) is 10.6. The van der Waals surface area contributed by atoms with E-state index in [0.29, 0.717) is 0 Å². The molecule has 9 nitrogen and oxygen atoms in total. The highest BCUT2D eigenvalue weighted by atomic mass is 32.2. The Hall–Kier alpha value is -0.940. The Balaban J connectivity index is 2.01. The third-order valence-electron chi connectivity index (χ3n) is 4.54. The van der Waals surface area contributed by atoms with Crippen LogP contribution in [0.3, 0.4) is 0 Å². The van der Waals surface area contributed by atoms with Crippen molar-refractivity contribution in [2.75, 3.05) is 5.75 Å². The van der Waals surface area contributed by atoms with E-state index in [2.05, 4.69) is 0 Å². The summed E-state index contributed by atoms with van der Waals surface area (Å²) in [6.07, 6.45) is -1.96. The van der Waals surface area contributed by atoms with E-state index in [4.69, 9.17) is 10.5 Å². The van der Waals surface area contributed by atoms with Crippen LogP contribution >= 0.6 is 0 Å². The molecular formula is C13H24N2O7S. The summed E-state index contributed by atoms with van der Waals surface area (Å²) in [5.74, 6) is -0.410. The SMILES string of the molecule is NC(=O)NS(=O)(=O)CC[C@H]1OC(C2CCCC2)[C@@H](O)[C@@H](O)[C@@H]1O. The Labute approximate surface area is 134 Å². The highest BCUT2D eigenvalue weighted by molar-refractivity contribution is 7.90. The maximum atomic E-state index is 11.6. The van der Waals surface area contributed by atoms with Gasteiger partial charge in [0.15, 0.2) is 0 Å². The second-order valence-corrected chi connectivity index (χ2v) is 8.07. The number of carbonyl (C=O) groups excluding carboxylic acids is 1. The number of amides is 2. The zero-order valence-corrected chi connectivity index (χ0v) is 13.5. The number of aliphatic hydroxyl groups excluding tert-OH is 3. The van der Waals surface area contributed by atoms with Crippen LogP contribution in [0.1, 0.15) is 32.1 Å². The van der Waals surface area contributed by atoms with Gasteiger partial charge in [0.1, 0.15) is 18.3 Å². The molecule has 0 aromatic rings. The molecule has 1 unspecified atom stereocenters. The monoisotopic (exact) mass is 352 g/mol. The molecule has 6 N–H and O–H groups in total. The molecule has 1 heterocycles. The second kappa shape index (κ2) is 7.31. The summed E-state index contributed by atoms with van der Waals surface area (Å²) < 4.78 is 30.5. The summed E-state index contributed by atoms with van der Waals surface area (Å²) >= 11 is 0. The molecule has 10 heteroatoms. The van der Waals surface area contributed by atoms with Gasteiger partial charge in [0.05, 0.1) is 18.0 Å². The molecule has 0 radical (unpaired) electrons. The Morgan fingerprint density at radius 2 is 1.74 bits per heavy atom. The average molecular weight is 352 g/mol. The van der Waals surface area contributed by atoms with Gasteiger partial charge in [0.25, 0.3) is 0 Å². The summed E-state index contributed by atoms with van der Waals surface area (Å²) in [7, 11) is -3.93. The van der Waals surface area contributed by atoms with Crippen molar-refractivity contribution in [3.05, 3.63) is 0 Å². The van der Waals surface area contributed by atoms with Gasteiger partial charge in [-0.1, -0.05) is 12.8 Å². The third-order valence-corrected chi connectivity index (χ3v) is 5.83. The first-order chi connectivity index (χ1) is 10.7. The van der Waals surface area contributed by atoms with Crippen molar-refractivity contribution in [1.29, 1.82) is 0 Å². The number of hydrogen-bond donors (Lipinski definition) is 5. The van der Waals surface area contributed by atoms with Gasteiger partial charge in [-0.3, -0.25) is 0 Å². The molecular weight excluding hydrogens is 328 g/mol. The molecule has 5 atom stereocenters. The molecule has 2 amide bonds. The van der Waals surface area contributed by atoms with Crippen molar-refractivity contribution < 1.29 is 33.3 Å². The van der Waals surface area contributed by atoms with E-state index in [9.17, 15) is 28.5 Å². The summed E-state index contributed by atoms with van der Waals surface area (Å²) in [5.41, 5.74) is 4.78. The van der Waals surface area contributed by atoms with Gasteiger partial charge in [-0.05, 0) is 25.2 Å². The van der Waals surface area contributed by atoms with Gasteiger partial charge in [0.2, 0.25) is 10.0 Å². The predicted octanol–water partition coefficient (Wildman–Crippen LogP) is -1.59. The molecule has 1 aliphatic carbocycles.